The van der Waals surface area contributed by atoms with Crippen molar-refractivity contribution in [1.82, 2.24) is 15.1 Å². The van der Waals surface area contributed by atoms with E-state index in [9.17, 15) is 4.79 Å². The number of amides is 1. The summed E-state index contributed by atoms with van der Waals surface area (Å²) in [5.74, 6) is 0.666. The van der Waals surface area contributed by atoms with Crippen LogP contribution in [0.2, 0.25) is 0 Å². The summed E-state index contributed by atoms with van der Waals surface area (Å²) in [6.07, 6.45) is 3.14. The zero-order chi connectivity index (χ0) is 15.3. The molecule has 0 bridgehead atoms. The Hall–Kier alpha value is -0.610. The third-order valence-corrected chi connectivity index (χ3v) is 5.82. The van der Waals surface area contributed by atoms with Crippen LogP contribution < -0.4 is 5.32 Å². The molecule has 0 aromatic carbocycles. The highest BCUT2D eigenvalue weighted by atomic mass is 16.2. The van der Waals surface area contributed by atoms with E-state index in [-0.39, 0.29) is 17.2 Å². The van der Waals surface area contributed by atoms with Gasteiger partial charge in [-0.05, 0) is 60.0 Å². The molecule has 5 unspecified atom stereocenters. The minimum absolute atomic E-state index is 0.0999. The van der Waals surface area contributed by atoms with Gasteiger partial charge in [0.25, 0.3) is 0 Å². The summed E-state index contributed by atoms with van der Waals surface area (Å²) >= 11 is 0. The van der Waals surface area contributed by atoms with Crippen molar-refractivity contribution in [3.8, 4) is 0 Å². The number of nitrogens with zero attached hydrogens (tertiary/aromatic N) is 2. The molecule has 2 saturated heterocycles. The predicted molar refractivity (Wildman–Crippen MR) is 82.1 cm³/mol. The molecular weight excluding hydrogens is 250 g/mol. The third-order valence-electron chi connectivity index (χ3n) is 5.82. The standard InChI is InChI=1S/C16H31N3O/c1-8-13-11(2)9-10-15(4,5)19(14(13)20)16(17-6)12(3)18(16)7/h11-13,17H,8-10H2,1-7H3. The van der Waals surface area contributed by atoms with E-state index in [0.717, 1.165) is 19.3 Å². The molecule has 2 aliphatic heterocycles. The maximum atomic E-state index is 13.2. The first-order chi connectivity index (χ1) is 9.24. The molecule has 20 heavy (non-hydrogen) atoms. The minimum atomic E-state index is -0.294. The second-order valence-electron chi connectivity index (χ2n) is 7.28. The lowest BCUT2D eigenvalue weighted by Gasteiger charge is -2.44. The first-order valence-corrected chi connectivity index (χ1v) is 8.00. The molecule has 0 spiro atoms. The van der Waals surface area contributed by atoms with Crippen molar-refractivity contribution in [3.05, 3.63) is 0 Å². The Labute approximate surface area is 123 Å². The summed E-state index contributed by atoms with van der Waals surface area (Å²) in [4.78, 5) is 17.6. The highest BCUT2D eigenvalue weighted by Gasteiger charge is 2.66. The average Bonchev–Trinajstić information content (AvgIpc) is 2.92. The lowest BCUT2D eigenvalue weighted by molar-refractivity contribution is -0.149. The van der Waals surface area contributed by atoms with Crippen molar-refractivity contribution in [2.75, 3.05) is 14.1 Å². The van der Waals surface area contributed by atoms with E-state index in [2.05, 4.69) is 56.8 Å². The number of likely N-dealkylation sites (tertiary alicyclic amines) is 1. The quantitative estimate of drug-likeness (QED) is 0.806. The van der Waals surface area contributed by atoms with E-state index in [1.54, 1.807) is 0 Å². The number of carbonyl (C=O) groups excluding carboxylic acids is 1. The van der Waals surface area contributed by atoms with Gasteiger partial charge in [0, 0.05) is 11.5 Å². The summed E-state index contributed by atoms with van der Waals surface area (Å²) in [7, 11) is 4.07. The molecule has 0 saturated carbocycles. The molecule has 2 aliphatic rings. The van der Waals surface area contributed by atoms with Crippen LogP contribution >= 0.6 is 0 Å². The maximum Gasteiger partial charge on any atom is 0.228 e. The summed E-state index contributed by atoms with van der Waals surface area (Å²) < 4.78 is 0. The van der Waals surface area contributed by atoms with Crippen LogP contribution in [0, 0.1) is 11.8 Å². The van der Waals surface area contributed by atoms with Gasteiger partial charge in [-0.15, -0.1) is 0 Å². The number of likely N-dealkylation sites (N-methyl/N-ethyl adjacent to an activating group) is 2. The Kier molecular flexibility index (Phi) is 3.93. The molecule has 0 radical (unpaired) electrons. The molecule has 116 valence electrons. The second-order valence-corrected chi connectivity index (χ2v) is 7.28. The highest BCUT2D eigenvalue weighted by molar-refractivity contribution is 5.81. The maximum absolute atomic E-state index is 13.2. The Bertz CT molecular complexity index is 385. The molecule has 0 aromatic rings. The normalized spacial score (nSPS) is 44.4. The van der Waals surface area contributed by atoms with Crippen molar-refractivity contribution >= 4 is 5.91 Å². The molecule has 5 atom stereocenters. The van der Waals surface area contributed by atoms with Gasteiger partial charge in [-0.3, -0.25) is 15.0 Å². The largest absolute Gasteiger partial charge is 0.305 e. The van der Waals surface area contributed by atoms with Crippen LogP contribution in [0.3, 0.4) is 0 Å². The molecular formula is C16H31N3O. The highest BCUT2D eigenvalue weighted by Crippen LogP contribution is 2.47. The van der Waals surface area contributed by atoms with Gasteiger partial charge in [-0.1, -0.05) is 13.8 Å². The first-order valence-electron chi connectivity index (χ1n) is 8.00. The molecule has 4 nitrogen and oxygen atoms in total. The fourth-order valence-corrected chi connectivity index (χ4v) is 4.22. The third kappa shape index (κ3) is 2.00. The molecule has 0 aromatic heterocycles. The fraction of sp³-hybridized carbons (Fsp3) is 0.938. The van der Waals surface area contributed by atoms with Crippen LogP contribution in [0.15, 0.2) is 0 Å². The van der Waals surface area contributed by atoms with Crippen LogP contribution in [0.25, 0.3) is 0 Å². The van der Waals surface area contributed by atoms with Gasteiger partial charge in [-0.25, -0.2) is 0 Å². The van der Waals surface area contributed by atoms with Crippen LogP contribution in [0.5, 0.6) is 0 Å². The number of rotatable bonds is 3. The van der Waals surface area contributed by atoms with Crippen molar-refractivity contribution in [2.45, 2.75) is 71.2 Å². The topological polar surface area (TPSA) is 35.4 Å². The van der Waals surface area contributed by atoms with Crippen molar-refractivity contribution in [2.24, 2.45) is 11.8 Å². The van der Waals surface area contributed by atoms with Gasteiger partial charge >= 0.3 is 0 Å². The van der Waals surface area contributed by atoms with Crippen molar-refractivity contribution in [1.29, 1.82) is 0 Å². The predicted octanol–water partition coefficient (Wildman–Crippen LogP) is 2.26. The average molecular weight is 281 g/mol. The Balaban J connectivity index is 2.44. The van der Waals surface area contributed by atoms with E-state index in [0.29, 0.717) is 17.9 Å². The SMILES string of the molecule is CCC1C(=O)N(C2(NC)C(C)N2C)C(C)(C)CCC1C. The van der Waals surface area contributed by atoms with Crippen LogP contribution in [-0.4, -0.2) is 47.2 Å². The molecule has 2 heterocycles. The molecule has 1 amide bonds. The number of carbonyl (C=O) groups is 1. The van der Waals surface area contributed by atoms with Crippen LogP contribution in [0.1, 0.15) is 53.9 Å². The molecule has 4 heteroatoms. The van der Waals surface area contributed by atoms with Gasteiger partial charge < -0.3 is 4.90 Å². The number of hydrogen-bond acceptors (Lipinski definition) is 3. The fourth-order valence-electron chi connectivity index (χ4n) is 4.22. The summed E-state index contributed by atoms with van der Waals surface area (Å²) in [6, 6.07) is 0.363. The van der Waals surface area contributed by atoms with Gasteiger partial charge in [0.15, 0.2) is 5.79 Å². The van der Waals surface area contributed by atoms with Crippen LogP contribution in [0.4, 0.5) is 0 Å². The Morgan fingerprint density at radius 2 is 1.90 bits per heavy atom. The molecule has 1 N–H and O–H groups in total. The lowest BCUT2D eigenvalue weighted by atomic mass is 9.87. The number of hydrogen-bond donors (Lipinski definition) is 1. The van der Waals surface area contributed by atoms with E-state index in [1.165, 1.54) is 0 Å². The summed E-state index contributed by atoms with van der Waals surface area (Å²) in [5.41, 5.74) is -0.0999. The van der Waals surface area contributed by atoms with E-state index in [4.69, 9.17) is 0 Å². The smallest absolute Gasteiger partial charge is 0.228 e. The van der Waals surface area contributed by atoms with Gasteiger partial charge in [0.2, 0.25) is 5.91 Å². The van der Waals surface area contributed by atoms with Gasteiger partial charge in [-0.2, -0.15) is 0 Å². The zero-order valence-corrected chi connectivity index (χ0v) is 14.2. The van der Waals surface area contributed by atoms with Gasteiger partial charge in [0.1, 0.15) is 0 Å². The molecule has 2 fully saturated rings. The number of nitrogens with one attached hydrogen (secondary N) is 1. The van der Waals surface area contributed by atoms with E-state index < -0.39 is 0 Å². The van der Waals surface area contributed by atoms with Gasteiger partial charge in [0.05, 0.1) is 6.04 Å². The monoisotopic (exact) mass is 281 g/mol. The molecule has 2 rings (SSSR count). The lowest BCUT2D eigenvalue weighted by Crippen LogP contribution is -2.63. The van der Waals surface area contributed by atoms with Crippen molar-refractivity contribution in [3.63, 3.8) is 0 Å². The second kappa shape index (κ2) is 4.99. The Morgan fingerprint density at radius 3 is 2.30 bits per heavy atom. The first kappa shape index (κ1) is 15.8. The van der Waals surface area contributed by atoms with E-state index in [1.807, 2.05) is 7.05 Å². The Morgan fingerprint density at radius 1 is 1.35 bits per heavy atom. The zero-order valence-electron chi connectivity index (χ0n) is 14.2. The van der Waals surface area contributed by atoms with E-state index >= 15 is 0 Å². The van der Waals surface area contributed by atoms with Crippen LogP contribution in [-0.2, 0) is 4.79 Å². The summed E-state index contributed by atoms with van der Waals surface area (Å²) in [6.45, 7) is 11.0. The summed E-state index contributed by atoms with van der Waals surface area (Å²) in [5, 5.41) is 3.43. The van der Waals surface area contributed by atoms with Crippen molar-refractivity contribution < 1.29 is 4.79 Å². The molecule has 0 aliphatic carbocycles. The minimum Gasteiger partial charge on any atom is -0.305 e.